The van der Waals surface area contributed by atoms with Gasteiger partial charge in [-0.3, -0.25) is 4.79 Å². The molecule has 1 aliphatic heterocycles. The van der Waals surface area contributed by atoms with Crippen molar-refractivity contribution in [2.24, 2.45) is 5.41 Å². The number of nitrogens with zero attached hydrogens (tertiary/aromatic N) is 1. The number of carboxylic acid groups (broad SMARTS) is 1. The molecule has 2 unspecified atom stereocenters. The van der Waals surface area contributed by atoms with E-state index in [1.807, 2.05) is 26.0 Å². The molecule has 2 amide bonds. The van der Waals surface area contributed by atoms with E-state index in [1.165, 1.54) is 4.90 Å². The number of carboxylic acids is 1. The Labute approximate surface area is 136 Å². The van der Waals surface area contributed by atoms with Crippen LogP contribution in [0.1, 0.15) is 33.6 Å². The maximum atomic E-state index is 12.3. The Kier molecular flexibility index (Phi) is 5.13. The number of urea groups is 1. The minimum absolute atomic E-state index is 0.107. The highest BCUT2D eigenvalue weighted by atomic mass is 16.5. The summed E-state index contributed by atoms with van der Waals surface area (Å²) in [7, 11) is 0. The minimum atomic E-state index is -0.864. The molecule has 1 fully saturated rings. The van der Waals surface area contributed by atoms with Crippen molar-refractivity contribution in [2.75, 3.05) is 18.4 Å². The molecule has 6 nitrogen and oxygen atoms in total. The summed E-state index contributed by atoms with van der Waals surface area (Å²) in [5.74, 6) is -0.161. The topological polar surface area (TPSA) is 78.9 Å². The SMILES string of the molecule is CCC(C)Oc1cccc(NC(=O)N2CCC(C)(C(=O)O)C2)c1. The summed E-state index contributed by atoms with van der Waals surface area (Å²) in [5, 5.41) is 12.0. The molecule has 1 aromatic carbocycles. The fourth-order valence-corrected chi connectivity index (χ4v) is 2.47. The highest BCUT2D eigenvalue weighted by Gasteiger charge is 2.42. The average Bonchev–Trinajstić information content (AvgIpc) is 2.91. The molecule has 2 rings (SSSR count). The Bertz CT molecular complexity index is 590. The lowest BCUT2D eigenvalue weighted by Gasteiger charge is -2.21. The van der Waals surface area contributed by atoms with Crippen LogP contribution in [0.4, 0.5) is 10.5 Å². The highest BCUT2D eigenvalue weighted by Crippen LogP contribution is 2.30. The molecule has 2 atom stereocenters. The van der Waals surface area contributed by atoms with Crippen LogP contribution in [0.25, 0.3) is 0 Å². The van der Waals surface area contributed by atoms with Gasteiger partial charge >= 0.3 is 12.0 Å². The fourth-order valence-electron chi connectivity index (χ4n) is 2.47. The molecule has 1 aromatic rings. The van der Waals surface area contributed by atoms with Gasteiger partial charge in [0.15, 0.2) is 0 Å². The molecule has 6 heteroatoms. The number of likely N-dealkylation sites (tertiary alicyclic amines) is 1. The van der Waals surface area contributed by atoms with Crippen LogP contribution in [0, 0.1) is 5.41 Å². The molecular weight excluding hydrogens is 296 g/mol. The number of carbonyl (C=O) groups is 2. The number of anilines is 1. The van der Waals surface area contributed by atoms with Crippen LogP contribution in [0.2, 0.25) is 0 Å². The molecule has 23 heavy (non-hydrogen) atoms. The lowest BCUT2D eigenvalue weighted by atomic mass is 9.90. The third kappa shape index (κ3) is 4.15. The Morgan fingerprint density at radius 3 is 2.83 bits per heavy atom. The number of hydrogen-bond donors (Lipinski definition) is 2. The molecule has 1 saturated heterocycles. The Morgan fingerprint density at radius 1 is 1.48 bits per heavy atom. The molecule has 1 aliphatic rings. The number of rotatable bonds is 5. The first-order valence-corrected chi connectivity index (χ1v) is 7.90. The molecule has 0 aromatic heterocycles. The van der Waals surface area contributed by atoms with E-state index in [0.717, 1.165) is 6.42 Å². The highest BCUT2D eigenvalue weighted by molar-refractivity contribution is 5.90. The molecule has 0 aliphatic carbocycles. The van der Waals surface area contributed by atoms with Gasteiger partial charge in [0, 0.05) is 24.8 Å². The Balaban J connectivity index is 1.98. The van der Waals surface area contributed by atoms with Gasteiger partial charge in [-0.15, -0.1) is 0 Å². The van der Waals surface area contributed by atoms with Gasteiger partial charge < -0.3 is 20.1 Å². The summed E-state index contributed by atoms with van der Waals surface area (Å²) in [4.78, 5) is 25.1. The summed E-state index contributed by atoms with van der Waals surface area (Å²) < 4.78 is 5.73. The zero-order chi connectivity index (χ0) is 17.0. The maximum absolute atomic E-state index is 12.3. The predicted molar refractivity (Wildman–Crippen MR) is 87.8 cm³/mol. The summed E-state index contributed by atoms with van der Waals surface area (Å²) in [6.07, 6.45) is 1.47. The quantitative estimate of drug-likeness (QED) is 0.873. The van der Waals surface area contributed by atoms with E-state index >= 15 is 0 Å². The number of aliphatic carboxylic acids is 1. The van der Waals surface area contributed by atoms with Crippen LogP contribution >= 0.6 is 0 Å². The Hall–Kier alpha value is -2.24. The van der Waals surface area contributed by atoms with Crippen molar-refractivity contribution in [1.29, 1.82) is 0 Å². The zero-order valence-electron chi connectivity index (χ0n) is 13.8. The van der Waals surface area contributed by atoms with Crippen molar-refractivity contribution in [3.05, 3.63) is 24.3 Å². The third-order valence-corrected chi connectivity index (χ3v) is 4.27. The summed E-state index contributed by atoms with van der Waals surface area (Å²) >= 11 is 0. The normalized spacial score (nSPS) is 21.8. The van der Waals surface area contributed by atoms with Crippen molar-refractivity contribution in [3.8, 4) is 5.75 Å². The van der Waals surface area contributed by atoms with Gasteiger partial charge in [-0.05, 0) is 38.8 Å². The second-order valence-electron chi connectivity index (χ2n) is 6.33. The van der Waals surface area contributed by atoms with Crippen LogP contribution in [0.3, 0.4) is 0 Å². The number of nitrogens with one attached hydrogen (secondary N) is 1. The van der Waals surface area contributed by atoms with Crippen LogP contribution < -0.4 is 10.1 Å². The van der Waals surface area contributed by atoms with E-state index in [2.05, 4.69) is 5.32 Å². The summed E-state index contributed by atoms with van der Waals surface area (Å²) in [6.45, 7) is 6.36. The maximum Gasteiger partial charge on any atom is 0.321 e. The van der Waals surface area contributed by atoms with Gasteiger partial charge in [0.05, 0.1) is 11.5 Å². The summed E-state index contributed by atoms with van der Waals surface area (Å²) in [5.41, 5.74) is -0.224. The van der Waals surface area contributed by atoms with E-state index in [9.17, 15) is 14.7 Å². The molecule has 0 bridgehead atoms. The number of benzene rings is 1. The average molecular weight is 320 g/mol. The largest absolute Gasteiger partial charge is 0.491 e. The summed E-state index contributed by atoms with van der Waals surface area (Å²) in [6, 6.07) is 6.94. The van der Waals surface area contributed by atoms with Gasteiger partial charge in [0.25, 0.3) is 0 Å². The molecule has 0 saturated carbocycles. The van der Waals surface area contributed by atoms with Crippen molar-refractivity contribution in [3.63, 3.8) is 0 Å². The first kappa shape index (κ1) is 17.1. The van der Waals surface area contributed by atoms with E-state index < -0.39 is 11.4 Å². The number of ether oxygens (including phenoxy) is 1. The number of hydrogen-bond acceptors (Lipinski definition) is 3. The first-order chi connectivity index (χ1) is 10.8. The van der Waals surface area contributed by atoms with E-state index in [-0.39, 0.29) is 18.7 Å². The molecule has 2 N–H and O–H groups in total. The molecule has 1 heterocycles. The smallest absolute Gasteiger partial charge is 0.321 e. The van der Waals surface area contributed by atoms with Crippen molar-refractivity contribution in [1.82, 2.24) is 4.90 Å². The second kappa shape index (κ2) is 6.89. The second-order valence-corrected chi connectivity index (χ2v) is 6.33. The fraction of sp³-hybridized carbons (Fsp3) is 0.529. The van der Waals surface area contributed by atoms with Crippen LogP contribution in [-0.4, -0.2) is 41.2 Å². The molecule has 0 spiro atoms. The van der Waals surface area contributed by atoms with Crippen LogP contribution in [-0.2, 0) is 4.79 Å². The van der Waals surface area contributed by atoms with Gasteiger partial charge in [-0.1, -0.05) is 13.0 Å². The van der Waals surface area contributed by atoms with Crippen molar-refractivity contribution >= 4 is 17.7 Å². The number of amides is 2. The lowest BCUT2D eigenvalue weighted by molar-refractivity contribution is -0.146. The van der Waals surface area contributed by atoms with Crippen LogP contribution in [0.5, 0.6) is 5.75 Å². The van der Waals surface area contributed by atoms with Crippen molar-refractivity contribution < 1.29 is 19.4 Å². The molecule has 126 valence electrons. The van der Waals surface area contributed by atoms with E-state index in [4.69, 9.17) is 4.74 Å². The van der Waals surface area contributed by atoms with Gasteiger partial charge in [0.1, 0.15) is 5.75 Å². The van der Waals surface area contributed by atoms with E-state index in [1.54, 1.807) is 19.1 Å². The van der Waals surface area contributed by atoms with Crippen molar-refractivity contribution in [2.45, 2.75) is 39.7 Å². The molecular formula is C17H24N2O4. The standard InChI is InChI=1S/C17H24N2O4/c1-4-12(2)23-14-7-5-6-13(10-14)18-16(22)19-9-8-17(3,11-19)15(20)21/h5-7,10,12H,4,8-9,11H2,1-3H3,(H,18,22)(H,20,21). The zero-order valence-corrected chi connectivity index (χ0v) is 13.8. The Morgan fingerprint density at radius 2 is 2.22 bits per heavy atom. The lowest BCUT2D eigenvalue weighted by Crippen LogP contribution is -2.37. The van der Waals surface area contributed by atoms with Gasteiger partial charge in [-0.2, -0.15) is 0 Å². The first-order valence-electron chi connectivity index (χ1n) is 7.90. The van der Waals surface area contributed by atoms with E-state index in [0.29, 0.717) is 24.4 Å². The predicted octanol–water partition coefficient (Wildman–Crippen LogP) is 3.19. The minimum Gasteiger partial charge on any atom is -0.491 e. The van der Waals surface area contributed by atoms with Gasteiger partial charge in [-0.25, -0.2) is 4.79 Å². The third-order valence-electron chi connectivity index (χ3n) is 4.27. The van der Waals surface area contributed by atoms with Crippen LogP contribution in [0.15, 0.2) is 24.3 Å². The molecule has 0 radical (unpaired) electrons. The van der Waals surface area contributed by atoms with Gasteiger partial charge in [0.2, 0.25) is 0 Å². The number of carbonyl (C=O) groups excluding carboxylic acids is 1. The monoisotopic (exact) mass is 320 g/mol.